The molecule has 122 valence electrons. The summed E-state index contributed by atoms with van der Waals surface area (Å²) >= 11 is 1.82. The molecule has 0 saturated carbocycles. The summed E-state index contributed by atoms with van der Waals surface area (Å²) in [6.07, 6.45) is 9.58. The first-order chi connectivity index (χ1) is 11.8. The van der Waals surface area contributed by atoms with Crippen LogP contribution in [0, 0.1) is 0 Å². The fraction of sp³-hybridized carbons (Fsp3) is 0.294. The Morgan fingerprint density at radius 1 is 1.25 bits per heavy atom. The molecule has 1 aliphatic carbocycles. The van der Waals surface area contributed by atoms with Gasteiger partial charge >= 0.3 is 0 Å². The highest BCUT2D eigenvalue weighted by Gasteiger charge is 2.16. The number of aromatic nitrogens is 4. The Bertz CT molecular complexity index is 856. The first-order valence-corrected chi connectivity index (χ1v) is 8.86. The maximum atomic E-state index is 12.5. The zero-order valence-corrected chi connectivity index (χ0v) is 13.9. The van der Waals surface area contributed by atoms with E-state index in [2.05, 4.69) is 25.9 Å². The Kier molecular flexibility index (Phi) is 4.08. The van der Waals surface area contributed by atoms with E-state index in [4.69, 9.17) is 0 Å². The molecule has 1 aliphatic rings. The maximum Gasteiger partial charge on any atom is 0.251 e. The van der Waals surface area contributed by atoms with Crippen LogP contribution >= 0.6 is 11.3 Å². The van der Waals surface area contributed by atoms with Crippen LogP contribution in [0.3, 0.4) is 0 Å². The van der Waals surface area contributed by atoms with Gasteiger partial charge in [-0.3, -0.25) is 9.36 Å². The van der Waals surface area contributed by atoms with Gasteiger partial charge in [0.25, 0.3) is 5.91 Å². The topological polar surface area (TPSA) is 72.7 Å². The van der Waals surface area contributed by atoms with Gasteiger partial charge in [-0.15, -0.1) is 21.5 Å². The highest BCUT2D eigenvalue weighted by atomic mass is 32.1. The number of carbonyl (C=O) groups is 1. The van der Waals surface area contributed by atoms with E-state index < -0.39 is 0 Å². The highest BCUT2D eigenvalue weighted by Crippen LogP contribution is 2.30. The molecule has 0 saturated heterocycles. The Morgan fingerprint density at radius 2 is 2.08 bits per heavy atom. The molecule has 24 heavy (non-hydrogen) atoms. The fourth-order valence-electron chi connectivity index (χ4n) is 3.01. The molecule has 3 aromatic heterocycles. The van der Waals surface area contributed by atoms with Gasteiger partial charge in [-0.05, 0) is 54.3 Å². The smallest absolute Gasteiger partial charge is 0.251 e. The van der Waals surface area contributed by atoms with E-state index in [-0.39, 0.29) is 5.91 Å². The number of rotatable bonds is 4. The van der Waals surface area contributed by atoms with Crippen molar-refractivity contribution in [1.29, 1.82) is 0 Å². The van der Waals surface area contributed by atoms with Crippen LogP contribution in [0.5, 0.6) is 0 Å². The van der Waals surface area contributed by atoms with E-state index in [1.165, 1.54) is 35.3 Å². The van der Waals surface area contributed by atoms with Crippen LogP contribution in [-0.4, -0.2) is 25.7 Å². The van der Waals surface area contributed by atoms with Crippen molar-refractivity contribution in [3.05, 3.63) is 57.9 Å². The predicted octanol–water partition coefficient (Wildman–Crippen LogP) is 2.53. The number of hydrogen-bond acceptors (Lipinski definition) is 5. The predicted molar refractivity (Wildman–Crippen MR) is 91.3 cm³/mol. The maximum absolute atomic E-state index is 12.5. The third-order valence-corrected chi connectivity index (χ3v) is 5.42. The molecule has 0 bridgehead atoms. The van der Waals surface area contributed by atoms with Crippen LogP contribution in [0.4, 0.5) is 0 Å². The van der Waals surface area contributed by atoms with E-state index in [1.807, 2.05) is 11.3 Å². The summed E-state index contributed by atoms with van der Waals surface area (Å²) in [5.41, 5.74) is 3.29. The molecule has 6 nitrogen and oxygen atoms in total. The van der Waals surface area contributed by atoms with E-state index >= 15 is 0 Å². The molecule has 1 amide bonds. The van der Waals surface area contributed by atoms with Crippen molar-refractivity contribution in [2.75, 3.05) is 0 Å². The number of carbonyl (C=O) groups excluding carboxylic acids is 1. The molecule has 3 heterocycles. The van der Waals surface area contributed by atoms with Crippen molar-refractivity contribution >= 4 is 17.2 Å². The first-order valence-electron chi connectivity index (χ1n) is 7.98. The number of thiophene rings is 1. The summed E-state index contributed by atoms with van der Waals surface area (Å²) in [5, 5.41) is 12.7. The SMILES string of the molecule is O=C(NCc1csc2c1CCCC2)c1ccnc(-n2cnnc2)c1. The largest absolute Gasteiger partial charge is 0.348 e. The number of fused-ring (bicyclic) bond motifs is 1. The van der Waals surface area contributed by atoms with Gasteiger partial charge in [0.05, 0.1) is 0 Å². The molecular formula is C17H17N5OS. The molecule has 0 fully saturated rings. The molecule has 4 rings (SSSR count). The minimum Gasteiger partial charge on any atom is -0.348 e. The van der Waals surface area contributed by atoms with Gasteiger partial charge < -0.3 is 5.32 Å². The molecule has 1 N–H and O–H groups in total. The second-order valence-electron chi connectivity index (χ2n) is 5.82. The molecule has 0 spiro atoms. The Balaban J connectivity index is 1.47. The number of nitrogens with one attached hydrogen (secondary N) is 1. The lowest BCUT2D eigenvalue weighted by Crippen LogP contribution is -2.23. The summed E-state index contributed by atoms with van der Waals surface area (Å²) in [6, 6.07) is 3.45. The van der Waals surface area contributed by atoms with Gasteiger partial charge in [0.1, 0.15) is 18.5 Å². The number of amides is 1. The molecule has 7 heteroatoms. The highest BCUT2D eigenvalue weighted by molar-refractivity contribution is 7.10. The van der Waals surface area contributed by atoms with Crippen molar-refractivity contribution < 1.29 is 4.79 Å². The van der Waals surface area contributed by atoms with Crippen LogP contribution in [0.25, 0.3) is 5.82 Å². The van der Waals surface area contributed by atoms with Crippen molar-refractivity contribution in [2.24, 2.45) is 0 Å². The Morgan fingerprint density at radius 3 is 2.96 bits per heavy atom. The zero-order valence-electron chi connectivity index (χ0n) is 13.1. The van der Waals surface area contributed by atoms with Crippen LogP contribution in [0.2, 0.25) is 0 Å². The number of pyridine rings is 1. The first kappa shape index (κ1) is 15.0. The lowest BCUT2D eigenvalue weighted by atomic mass is 9.96. The Hall–Kier alpha value is -2.54. The fourth-order valence-corrected chi connectivity index (χ4v) is 4.15. The van der Waals surface area contributed by atoms with Crippen molar-refractivity contribution in [3.63, 3.8) is 0 Å². The van der Waals surface area contributed by atoms with E-state index in [1.54, 1.807) is 35.6 Å². The van der Waals surface area contributed by atoms with Crippen LogP contribution in [-0.2, 0) is 19.4 Å². The summed E-state index contributed by atoms with van der Waals surface area (Å²) < 4.78 is 1.67. The molecule has 0 aromatic carbocycles. The molecule has 0 atom stereocenters. The lowest BCUT2D eigenvalue weighted by molar-refractivity contribution is 0.0950. The van der Waals surface area contributed by atoms with Gasteiger partial charge in [-0.2, -0.15) is 0 Å². The van der Waals surface area contributed by atoms with Gasteiger partial charge in [0.15, 0.2) is 0 Å². The van der Waals surface area contributed by atoms with Gasteiger partial charge in [0, 0.05) is 23.2 Å². The summed E-state index contributed by atoms with van der Waals surface area (Å²) in [5.74, 6) is 0.531. The molecule has 3 aromatic rings. The normalized spacial score (nSPS) is 13.5. The van der Waals surface area contributed by atoms with Gasteiger partial charge in [-0.1, -0.05) is 0 Å². The standard InChI is InChI=1S/C17H17N5OS/c23-17(12-5-6-18-16(7-12)22-10-20-21-11-22)19-8-13-9-24-15-4-2-1-3-14(13)15/h5-7,9-11H,1-4,8H2,(H,19,23). The van der Waals surface area contributed by atoms with Gasteiger partial charge in [-0.25, -0.2) is 4.98 Å². The minimum absolute atomic E-state index is 0.0949. The second kappa shape index (κ2) is 6.52. The third-order valence-electron chi connectivity index (χ3n) is 4.28. The van der Waals surface area contributed by atoms with E-state index in [0.29, 0.717) is 17.9 Å². The van der Waals surface area contributed by atoms with Crippen molar-refractivity contribution in [2.45, 2.75) is 32.2 Å². The monoisotopic (exact) mass is 339 g/mol. The van der Waals surface area contributed by atoms with Crippen LogP contribution in [0.15, 0.2) is 36.4 Å². The Labute approximate surface area is 143 Å². The number of nitrogens with zero attached hydrogens (tertiary/aromatic N) is 4. The lowest BCUT2D eigenvalue weighted by Gasteiger charge is -2.13. The molecule has 0 unspecified atom stereocenters. The molecule has 0 aliphatic heterocycles. The summed E-state index contributed by atoms with van der Waals surface area (Å²) in [6.45, 7) is 0.578. The average molecular weight is 339 g/mol. The van der Waals surface area contributed by atoms with Crippen molar-refractivity contribution in [3.8, 4) is 5.82 Å². The van der Waals surface area contributed by atoms with E-state index in [9.17, 15) is 4.79 Å². The van der Waals surface area contributed by atoms with Gasteiger partial charge in [0.2, 0.25) is 0 Å². The summed E-state index contributed by atoms with van der Waals surface area (Å²) in [7, 11) is 0. The van der Waals surface area contributed by atoms with Crippen LogP contribution < -0.4 is 5.32 Å². The zero-order chi connectivity index (χ0) is 16.4. The summed E-state index contributed by atoms with van der Waals surface area (Å²) in [4.78, 5) is 18.2. The van der Waals surface area contributed by atoms with E-state index in [0.717, 1.165) is 6.42 Å². The number of aryl methyl sites for hydroxylation is 1. The third kappa shape index (κ3) is 2.94. The molecular weight excluding hydrogens is 322 g/mol. The molecule has 0 radical (unpaired) electrons. The van der Waals surface area contributed by atoms with Crippen LogP contribution in [0.1, 0.15) is 39.2 Å². The van der Waals surface area contributed by atoms with Crippen molar-refractivity contribution in [1.82, 2.24) is 25.1 Å². The quantitative estimate of drug-likeness (QED) is 0.793. The minimum atomic E-state index is -0.0949. The number of hydrogen-bond donors (Lipinski definition) is 1. The second-order valence-corrected chi connectivity index (χ2v) is 6.79. The average Bonchev–Trinajstić information content (AvgIpc) is 3.30.